The van der Waals surface area contributed by atoms with Gasteiger partial charge in [-0.05, 0) is 31.0 Å². The molecule has 0 spiro atoms. The van der Waals surface area contributed by atoms with Gasteiger partial charge in [0.25, 0.3) is 5.91 Å². The van der Waals surface area contributed by atoms with Gasteiger partial charge in [0.2, 0.25) is 0 Å². The third kappa shape index (κ3) is 5.40. The molecule has 20 heavy (non-hydrogen) atoms. The molecular weight excluding hydrogens is 258 g/mol. The van der Waals surface area contributed by atoms with Crippen molar-refractivity contribution in [1.29, 1.82) is 0 Å². The molecule has 0 saturated carbocycles. The molecule has 0 heterocycles. The van der Waals surface area contributed by atoms with Crippen LogP contribution >= 0.6 is 0 Å². The molecule has 0 aromatic heterocycles. The van der Waals surface area contributed by atoms with Gasteiger partial charge in [0.15, 0.2) is 6.61 Å². The van der Waals surface area contributed by atoms with Gasteiger partial charge in [-0.1, -0.05) is 25.5 Å². The van der Waals surface area contributed by atoms with Crippen LogP contribution in [0.4, 0.5) is 0 Å². The highest BCUT2D eigenvalue weighted by molar-refractivity contribution is 5.91. The topological polar surface area (TPSA) is 75.6 Å². The molecule has 1 rings (SSSR count). The van der Waals surface area contributed by atoms with Gasteiger partial charge in [0.05, 0.1) is 12.2 Å². The first-order valence-corrected chi connectivity index (χ1v) is 6.73. The fraction of sp³-hybridized carbons (Fsp3) is 0.467. The smallest absolute Gasteiger partial charge is 0.338 e. The second-order valence-electron chi connectivity index (χ2n) is 4.69. The number of nitrogens with one attached hydrogen (secondary N) is 1. The number of rotatable bonds is 7. The van der Waals surface area contributed by atoms with Crippen LogP contribution in [0, 0.1) is 0 Å². The quantitative estimate of drug-likeness (QED) is 0.744. The zero-order valence-electron chi connectivity index (χ0n) is 11.9. The first kappa shape index (κ1) is 16.2. The second-order valence-corrected chi connectivity index (χ2v) is 4.69. The minimum absolute atomic E-state index is 0.0763. The predicted octanol–water partition coefficient (Wildman–Crippen LogP) is 1.64. The number of aliphatic hydroxyl groups is 1. The first-order chi connectivity index (χ1) is 9.56. The monoisotopic (exact) mass is 279 g/mol. The number of aliphatic hydroxyl groups excluding tert-OH is 1. The summed E-state index contributed by atoms with van der Waals surface area (Å²) in [5, 5.41) is 11.7. The van der Waals surface area contributed by atoms with Crippen molar-refractivity contribution < 1.29 is 19.4 Å². The van der Waals surface area contributed by atoms with E-state index in [-0.39, 0.29) is 25.2 Å². The highest BCUT2D eigenvalue weighted by atomic mass is 16.5. The Labute approximate surface area is 118 Å². The largest absolute Gasteiger partial charge is 0.452 e. The molecule has 5 nitrogen and oxygen atoms in total. The predicted molar refractivity (Wildman–Crippen MR) is 75.2 cm³/mol. The number of ether oxygens (including phenoxy) is 1. The molecule has 0 fully saturated rings. The number of carbonyl (C=O) groups is 2. The summed E-state index contributed by atoms with van der Waals surface area (Å²) >= 11 is 0. The highest BCUT2D eigenvalue weighted by Gasteiger charge is 2.11. The molecule has 0 aliphatic heterocycles. The van der Waals surface area contributed by atoms with Crippen LogP contribution < -0.4 is 5.32 Å². The number of benzene rings is 1. The van der Waals surface area contributed by atoms with Crippen LogP contribution in [0.25, 0.3) is 0 Å². The Balaban J connectivity index is 2.40. The van der Waals surface area contributed by atoms with Crippen LogP contribution in [0.5, 0.6) is 0 Å². The lowest BCUT2D eigenvalue weighted by Crippen LogP contribution is -2.35. The average Bonchev–Trinajstić information content (AvgIpc) is 2.45. The lowest BCUT2D eigenvalue weighted by Gasteiger charge is -2.12. The van der Waals surface area contributed by atoms with Gasteiger partial charge in [-0.2, -0.15) is 0 Å². The van der Waals surface area contributed by atoms with Crippen LogP contribution in [-0.4, -0.2) is 29.6 Å². The fourth-order valence-electron chi connectivity index (χ4n) is 1.78. The molecule has 0 saturated heterocycles. The third-order valence-corrected chi connectivity index (χ3v) is 2.84. The average molecular weight is 279 g/mol. The van der Waals surface area contributed by atoms with Gasteiger partial charge in [0.1, 0.15) is 0 Å². The zero-order valence-corrected chi connectivity index (χ0v) is 11.9. The summed E-state index contributed by atoms with van der Waals surface area (Å²) in [5.41, 5.74) is 1.07. The Bertz CT molecular complexity index is 442. The molecule has 0 aliphatic carbocycles. The molecular formula is C15H21NO4. The van der Waals surface area contributed by atoms with Gasteiger partial charge < -0.3 is 15.2 Å². The Hall–Kier alpha value is -1.88. The van der Waals surface area contributed by atoms with E-state index >= 15 is 0 Å². The molecule has 0 aliphatic rings. The summed E-state index contributed by atoms with van der Waals surface area (Å²) in [6.07, 6.45) is 1.88. The molecule has 0 radical (unpaired) electrons. The van der Waals surface area contributed by atoms with Crippen LogP contribution in [0.1, 0.15) is 42.6 Å². The van der Waals surface area contributed by atoms with Crippen molar-refractivity contribution in [2.45, 2.75) is 39.3 Å². The standard InChI is InChI=1S/C15H21NO4/c1-3-4-11(2)16-14(18)10-20-15(19)13-7-5-12(9-17)6-8-13/h5-8,11,17H,3-4,9-10H2,1-2H3,(H,16,18). The van der Waals surface area contributed by atoms with Crippen LogP contribution in [0.15, 0.2) is 24.3 Å². The third-order valence-electron chi connectivity index (χ3n) is 2.84. The molecule has 0 bridgehead atoms. The van der Waals surface area contributed by atoms with E-state index in [1.165, 1.54) is 0 Å². The van der Waals surface area contributed by atoms with Gasteiger partial charge >= 0.3 is 5.97 Å². The summed E-state index contributed by atoms with van der Waals surface area (Å²) in [7, 11) is 0. The Morgan fingerprint density at radius 3 is 2.50 bits per heavy atom. The van der Waals surface area contributed by atoms with Gasteiger partial charge in [-0.15, -0.1) is 0 Å². The molecule has 1 amide bonds. The summed E-state index contributed by atoms with van der Waals surface area (Å²) in [5.74, 6) is -0.848. The molecule has 1 atom stereocenters. The Kier molecular flexibility index (Phi) is 6.73. The number of amides is 1. The second kappa shape index (κ2) is 8.32. The van der Waals surface area contributed by atoms with Crippen LogP contribution in [0.2, 0.25) is 0 Å². The Morgan fingerprint density at radius 2 is 1.95 bits per heavy atom. The van der Waals surface area contributed by atoms with E-state index in [9.17, 15) is 9.59 Å². The minimum Gasteiger partial charge on any atom is -0.452 e. The van der Waals surface area contributed by atoms with Crippen molar-refractivity contribution in [3.63, 3.8) is 0 Å². The lowest BCUT2D eigenvalue weighted by atomic mass is 10.1. The molecule has 1 aromatic carbocycles. The van der Waals surface area contributed by atoms with Crippen molar-refractivity contribution in [3.05, 3.63) is 35.4 Å². The molecule has 2 N–H and O–H groups in total. The van der Waals surface area contributed by atoms with Gasteiger partial charge in [-0.25, -0.2) is 4.79 Å². The van der Waals surface area contributed by atoms with Crippen molar-refractivity contribution in [3.8, 4) is 0 Å². The first-order valence-electron chi connectivity index (χ1n) is 6.73. The van der Waals surface area contributed by atoms with E-state index in [2.05, 4.69) is 5.32 Å². The zero-order chi connectivity index (χ0) is 15.0. The van der Waals surface area contributed by atoms with Crippen LogP contribution in [-0.2, 0) is 16.1 Å². The molecule has 5 heteroatoms. The summed E-state index contributed by atoms with van der Waals surface area (Å²) < 4.78 is 4.93. The van der Waals surface area contributed by atoms with E-state index in [0.717, 1.165) is 12.8 Å². The van der Waals surface area contributed by atoms with E-state index in [0.29, 0.717) is 11.1 Å². The maximum absolute atomic E-state index is 11.7. The Morgan fingerprint density at radius 1 is 1.30 bits per heavy atom. The molecule has 1 aromatic rings. The van der Waals surface area contributed by atoms with Gasteiger partial charge in [0, 0.05) is 6.04 Å². The van der Waals surface area contributed by atoms with Crippen LogP contribution in [0.3, 0.4) is 0 Å². The number of carbonyl (C=O) groups excluding carboxylic acids is 2. The lowest BCUT2D eigenvalue weighted by molar-refractivity contribution is -0.124. The highest BCUT2D eigenvalue weighted by Crippen LogP contribution is 2.06. The van der Waals surface area contributed by atoms with Crippen molar-refractivity contribution in [1.82, 2.24) is 5.32 Å². The van der Waals surface area contributed by atoms with Gasteiger partial charge in [-0.3, -0.25) is 4.79 Å². The van der Waals surface area contributed by atoms with E-state index in [1.54, 1.807) is 24.3 Å². The summed E-state index contributed by atoms with van der Waals surface area (Å²) in [4.78, 5) is 23.2. The normalized spacial score (nSPS) is 11.8. The van der Waals surface area contributed by atoms with Crippen molar-refractivity contribution in [2.75, 3.05) is 6.61 Å². The maximum atomic E-state index is 11.7. The summed E-state index contributed by atoms with van der Waals surface area (Å²) in [6, 6.07) is 6.48. The number of esters is 1. The maximum Gasteiger partial charge on any atom is 0.338 e. The van der Waals surface area contributed by atoms with Crippen molar-refractivity contribution in [2.24, 2.45) is 0 Å². The SMILES string of the molecule is CCCC(C)NC(=O)COC(=O)c1ccc(CO)cc1. The molecule has 110 valence electrons. The number of hydrogen-bond acceptors (Lipinski definition) is 4. The fourth-order valence-corrected chi connectivity index (χ4v) is 1.78. The van der Waals surface area contributed by atoms with E-state index in [4.69, 9.17) is 9.84 Å². The number of hydrogen-bond donors (Lipinski definition) is 2. The van der Waals surface area contributed by atoms with Crippen molar-refractivity contribution >= 4 is 11.9 Å². The molecule has 1 unspecified atom stereocenters. The summed E-state index contributed by atoms with van der Waals surface area (Å²) in [6.45, 7) is 3.59. The van der Waals surface area contributed by atoms with E-state index < -0.39 is 5.97 Å². The minimum atomic E-state index is -0.548. The van der Waals surface area contributed by atoms with E-state index in [1.807, 2.05) is 13.8 Å².